The lowest BCUT2D eigenvalue weighted by Crippen LogP contribution is -2.36. The molecule has 0 fully saturated rings. The summed E-state index contributed by atoms with van der Waals surface area (Å²) in [6, 6.07) is 6.76. The molecule has 0 aliphatic rings. The molecule has 0 saturated carbocycles. The zero-order valence-corrected chi connectivity index (χ0v) is 12.5. The maximum absolute atomic E-state index is 11.2. The number of rotatable bonds is 6. The molecule has 0 radical (unpaired) electrons. The van der Waals surface area contributed by atoms with Gasteiger partial charge in [0.2, 0.25) is 0 Å². The van der Waals surface area contributed by atoms with E-state index in [4.69, 9.17) is 11.6 Å². The second kappa shape index (κ2) is 6.70. The largest absolute Gasteiger partial charge is 0.480 e. The number of carboxylic acid groups (broad SMARTS) is 1. The van der Waals surface area contributed by atoms with Gasteiger partial charge in [0.25, 0.3) is 0 Å². The molecule has 1 unspecified atom stereocenters. The lowest BCUT2D eigenvalue weighted by Gasteiger charge is -2.15. The van der Waals surface area contributed by atoms with Crippen LogP contribution in [0.1, 0.15) is 18.9 Å². The van der Waals surface area contributed by atoms with Crippen molar-refractivity contribution in [3.63, 3.8) is 0 Å². The van der Waals surface area contributed by atoms with E-state index >= 15 is 0 Å². The molecule has 2 rings (SSSR count). The van der Waals surface area contributed by atoms with E-state index in [2.05, 4.69) is 16.9 Å². The normalized spacial score (nSPS) is 12.3. The van der Waals surface area contributed by atoms with Crippen LogP contribution in [0.15, 0.2) is 42.6 Å². The molecule has 4 nitrogen and oxygen atoms in total. The van der Waals surface area contributed by atoms with Gasteiger partial charge in [0.15, 0.2) is 0 Å². The number of pyridine rings is 1. The Hall–Kier alpha value is -1.91. The molecule has 5 heteroatoms. The van der Waals surface area contributed by atoms with Gasteiger partial charge >= 0.3 is 5.97 Å². The molecule has 0 saturated heterocycles. The van der Waals surface area contributed by atoms with Crippen molar-refractivity contribution < 1.29 is 9.90 Å². The van der Waals surface area contributed by atoms with Crippen molar-refractivity contribution in [2.24, 2.45) is 0 Å². The van der Waals surface area contributed by atoms with Crippen LogP contribution in [0.25, 0.3) is 10.9 Å². The third kappa shape index (κ3) is 4.03. The Balaban J connectivity index is 2.23. The number of halogens is 1. The molecule has 1 atom stereocenters. The molecule has 1 aromatic heterocycles. The van der Waals surface area contributed by atoms with Gasteiger partial charge in [-0.15, -0.1) is 6.58 Å². The molecule has 0 bridgehead atoms. The zero-order chi connectivity index (χ0) is 15.4. The van der Waals surface area contributed by atoms with E-state index < -0.39 is 12.0 Å². The first kappa shape index (κ1) is 15.5. The van der Waals surface area contributed by atoms with Crippen molar-refractivity contribution in [3.05, 3.63) is 53.2 Å². The fraction of sp³-hybridized carbons (Fsp3) is 0.250. The smallest absolute Gasteiger partial charge is 0.321 e. The highest BCUT2D eigenvalue weighted by Crippen LogP contribution is 2.22. The molecule has 1 aromatic carbocycles. The summed E-state index contributed by atoms with van der Waals surface area (Å²) in [5.41, 5.74) is 2.53. The molecule has 2 aromatic rings. The molecular formula is C16H17ClN2O2. The average molecular weight is 305 g/mol. The maximum Gasteiger partial charge on any atom is 0.321 e. The van der Waals surface area contributed by atoms with Crippen molar-refractivity contribution in [3.8, 4) is 0 Å². The third-order valence-electron chi connectivity index (χ3n) is 3.14. The van der Waals surface area contributed by atoms with Crippen LogP contribution in [0, 0.1) is 0 Å². The van der Waals surface area contributed by atoms with Gasteiger partial charge in [0.1, 0.15) is 6.04 Å². The van der Waals surface area contributed by atoms with E-state index in [0.717, 1.165) is 22.0 Å². The Morgan fingerprint density at radius 1 is 1.52 bits per heavy atom. The van der Waals surface area contributed by atoms with Crippen LogP contribution in [0.5, 0.6) is 0 Å². The highest BCUT2D eigenvalue weighted by atomic mass is 35.5. The number of hydrogen-bond acceptors (Lipinski definition) is 3. The Morgan fingerprint density at radius 2 is 2.29 bits per heavy atom. The SMILES string of the molecule is C=C(C)CC(NCc1cc(Cl)cc2cccnc12)C(=O)O. The molecule has 0 aliphatic heterocycles. The monoisotopic (exact) mass is 304 g/mol. The predicted molar refractivity (Wildman–Crippen MR) is 84.4 cm³/mol. The second-order valence-corrected chi connectivity index (χ2v) is 5.51. The fourth-order valence-corrected chi connectivity index (χ4v) is 2.44. The Bertz CT molecular complexity index is 685. The van der Waals surface area contributed by atoms with Crippen molar-refractivity contribution in [2.75, 3.05) is 0 Å². The zero-order valence-electron chi connectivity index (χ0n) is 11.8. The van der Waals surface area contributed by atoms with Crippen LogP contribution in [-0.4, -0.2) is 22.1 Å². The summed E-state index contributed by atoms with van der Waals surface area (Å²) in [5.74, 6) is -0.891. The summed E-state index contributed by atoms with van der Waals surface area (Å²) < 4.78 is 0. The highest BCUT2D eigenvalue weighted by Gasteiger charge is 2.17. The van der Waals surface area contributed by atoms with E-state index in [0.29, 0.717) is 18.0 Å². The molecule has 2 N–H and O–H groups in total. The molecule has 0 spiro atoms. The Morgan fingerprint density at radius 3 is 2.95 bits per heavy atom. The lowest BCUT2D eigenvalue weighted by molar-refractivity contribution is -0.139. The summed E-state index contributed by atoms with van der Waals surface area (Å²) >= 11 is 6.10. The van der Waals surface area contributed by atoms with Crippen molar-refractivity contribution in [1.82, 2.24) is 10.3 Å². The van der Waals surface area contributed by atoms with Gasteiger partial charge in [-0.2, -0.15) is 0 Å². The van der Waals surface area contributed by atoms with Crippen molar-refractivity contribution >= 4 is 28.5 Å². The summed E-state index contributed by atoms with van der Waals surface area (Å²) in [7, 11) is 0. The van der Waals surface area contributed by atoms with Gasteiger partial charge in [-0.05, 0) is 37.1 Å². The van der Waals surface area contributed by atoms with Gasteiger partial charge < -0.3 is 5.11 Å². The van der Waals surface area contributed by atoms with Crippen LogP contribution < -0.4 is 5.32 Å². The molecule has 110 valence electrons. The molecule has 0 aliphatic carbocycles. The second-order valence-electron chi connectivity index (χ2n) is 5.07. The van der Waals surface area contributed by atoms with Crippen LogP contribution in [0.3, 0.4) is 0 Å². The standard InChI is InChI=1S/C16H17ClN2O2/c1-10(2)6-14(16(20)21)19-9-12-8-13(17)7-11-4-3-5-18-15(11)12/h3-5,7-8,14,19H,1,6,9H2,2H3,(H,20,21). The van der Waals surface area contributed by atoms with E-state index in [1.807, 2.05) is 31.2 Å². The van der Waals surface area contributed by atoms with Gasteiger partial charge in [-0.3, -0.25) is 15.1 Å². The maximum atomic E-state index is 11.2. The summed E-state index contributed by atoms with van der Waals surface area (Å²) in [5, 5.41) is 13.8. The minimum absolute atomic E-state index is 0.387. The molecule has 21 heavy (non-hydrogen) atoms. The topological polar surface area (TPSA) is 62.2 Å². The first-order chi connectivity index (χ1) is 9.97. The van der Waals surface area contributed by atoms with Gasteiger partial charge in [0.05, 0.1) is 5.52 Å². The minimum atomic E-state index is -0.891. The van der Waals surface area contributed by atoms with E-state index in [-0.39, 0.29) is 0 Å². The number of carbonyl (C=O) groups is 1. The van der Waals surface area contributed by atoms with E-state index in [1.54, 1.807) is 6.20 Å². The van der Waals surface area contributed by atoms with Gasteiger partial charge in [-0.25, -0.2) is 0 Å². The number of hydrogen-bond donors (Lipinski definition) is 2. The number of fused-ring (bicyclic) bond motifs is 1. The van der Waals surface area contributed by atoms with E-state index in [1.165, 1.54) is 0 Å². The predicted octanol–water partition coefficient (Wildman–Crippen LogP) is 3.40. The first-order valence-corrected chi connectivity index (χ1v) is 6.99. The molecular weight excluding hydrogens is 288 g/mol. The third-order valence-corrected chi connectivity index (χ3v) is 3.36. The highest BCUT2D eigenvalue weighted by molar-refractivity contribution is 6.31. The Labute approximate surface area is 128 Å². The number of aromatic nitrogens is 1. The number of aliphatic carboxylic acids is 1. The summed E-state index contributed by atoms with van der Waals surface area (Å²) in [6.07, 6.45) is 2.10. The quantitative estimate of drug-likeness (QED) is 0.803. The summed E-state index contributed by atoms with van der Waals surface area (Å²) in [4.78, 5) is 15.6. The van der Waals surface area contributed by atoms with Crippen LogP contribution in [0.2, 0.25) is 5.02 Å². The molecule has 0 amide bonds. The van der Waals surface area contributed by atoms with Crippen LogP contribution >= 0.6 is 11.6 Å². The number of nitrogens with zero attached hydrogens (tertiary/aromatic N) is 1. The lowest BCUT2D eigenvalue weighted by atomic mass is 10.1. The van der Waals surface area contributed by atoms with Crippen LogP contribution in [0.4, 0.5) is 0 Å². The fourth-order valence-electron chi connectivity index (χ4n) is 2.19. The molecule has 1 heterocycles. The average Bonchev–Trinajstić information content (AvgIpc) is 2.42. The number of nitrogens with one attached hydrogen (secondary N) is 1. The van der Waals surface area contributed by atoms with Crippen molar-refractivity contribution in [1.29, 1.82) is 0 Å². The van der Waals surface area contributed by atoms with E-state index in [9.17, 15) is 9.90 Å². The Kier molecular flexibility index (Phi) is 4.94. The number of benzene rings is 1. The minimum Gasteiger partial charge on any atom is -0.480 e. The van der Waals surface area contributed by atoms with Crippen molar-refractivity contribution in [2.45, 2.75) is 25.9 Å². The number of carboxylic acids is 1. The van der Waals surface area contributed by atoms with Gasteiger partial charge in [0, 0.05) is 23.2 Å². The van der Waals surface area contributed by atoms with Gasteiger partial charge in [-0.1, -0.05) is 23.2 Å². The van der Waals surface area contributed by atoms with Crippen LogP contribution in [-0.2, 0) is 11.3 Å². The summed E-state index contributed by atoms with van der Waals surface area (Å²) in [6.45, 7) is 5.96. The first-order valence-electron chi connectivity index (χ1n) is 6.61.